The quantitative estimate of drug-likeness (QED) is 0.271. The van der Waals surface area contributed by atoms with Crippen LogP contribution in [0.5, 0.6) is 0 Å². The predicted octanol–water partition coefficient (Wildman–Crippen LogP) is 5.89. The summed E-state index contributed by atoms with van der Waals surface area (Å²) in [6.45, 7) is 0.520. The maximum atomic E-state index is 13.0. The molecule has 1 aliphatic heterocycles. The lowest BCUT2D eigenvalue weighted by molar-refractivity contribution is -0.145. The molecule has 0 bridgehead atoms. The van der Waals surface area contributed by atoms with Crippen molar-refractivity contribution < 1.29 is 23.1 Å². The summed E-state index contributed by atoms with van der Waals surface area (Å²) < 4.78 is 39.1. The minimum Gasteiger partial charge on any atom is -0.384 e. The van der Waals surface area contributed by atoms with Gasteiger partial charge in [0.2, 0.25) is 0 Å². The van der Waals surface area contributed by atoms with Gasteiger partial charge in [0, 0.05) is 45.9 Å². The molecule has 1 atom stereocenters. The Morgan fingerprint density at radius 1 is 1.14 bits per heavy atom. The number of alkyl halides is 3. The molecule has 1 aromatic heterocycles. The first-order valence-corrected chi connectivity index (χ1v) is 12.3. The Bertz CT molecular complexity index is 1240. The summed E-state index contributed by atoms with van der Waals surface area (Å²) >= 11 is 7.31. The normalized spacial score (nSPS) is 18.3. The topological polar surface area (TPSA) is 65.5 Å². The minimum absolute atomic E-state index is 0.0211. The van der Waals surface area contributed by atoms with Crippen LogP contribution in [0.1, 0.15) is 12.8 Å². The van der Waals surface area contributed by atoms with E-state index in [1.807, 2.05) is 42.5 Å². The number of carbonyl (C=O) groups is 1. The molecule has 0 saturated carbocycles. The molecule has 1 amide bonds. The van der Waals surface area contributed by atoms with E-state index < -0.39 is 29.8 Å². The Labute approximate surface area is 210 Å². The Morgan fingerprint density at radius 2 is 1.91 bits per heavy atom. The van der Waals surface area contributed by atoms with Crippen molar-refractivity contribution in [3.05, 3.63) is 77.5 Å². The Balaban J connectivity index is 1.44. The number of anilines is 1. The van der Waals surface area contributed by atoms with Crippen molar-refractivity contribution >= 4 is 45.9 Å². The molecule has 2 N–H and O–H groups in total. The van der Waals surface area contributed by atoms with Gasteiger partial charge in [0.15, 0.2) is 5.72 Å². The number of nitrogens with zero attached hydrogens (tertiary/aromatic N) is 2. The summed E-state index contributed by atoms with van der Waals surface area (Å²) in [7, 11) is 0. The molecule has 0 saturated heterocycles. The zero-order valence-corrected chi connectivity index (χ0v) is 20.1. The second kappa shape index (κ2) is 10.5. The number of nitrogens with one attached hydrogen (secondary N) is 1. The number of hydrogen-bond acceptors (Lipinski definition) is 5. The SMILES string of the molecule is O=C1C(CC(F)(F)F)=CC(O)(CSc2ccccc2)N1CCCNc1ccnc2cc(Cl)ccc12. The molecule has 2 heterocycles. The van der Waals surface area contributed by atoms with E-state index in [2.05, 4.69) is 10.3 Å². The molecule has 3 aromatic rings. The van der Waals surface area contributed by atoms with Crippen LogP contribution in [0.15, 0.2) is 77.3 Å². The molecule has 5 nitrogen and oxygen atoms in total. The van der Waals surface area contributed by atoms with E-state index in [-0.39, 0.29) is 12.3 Å². The number of halogens is 4. The van der Waals surface area contributed by atoms with Gasteiger partial charge in [-0.2, -0.15) is 13.2 Å². The molecule has 35 heavy (non-hydrogen) atoms. The largest absolute Gasteiger partial charge is 0.393 e. The van der Waals surface area contributed by atoms with E-state index in [0.29, 0.717) is 18.0 Å². The van der Waals surface area contributed by atoms with E-state index in [4.69, 9.17) is 11.6 Å². The van der Waals surface area contributed by atoms with Gasteiger partial charge in [-0.05, 0) is 48.9 Å². The number of rotatable bonds is 9. The number of aromatic nitrogens is 1. The van der Waals surface area contributed by atoms with Gasteiger partial charge >= 0.3 is 6.18 Å². The van der Waals surface area contributed by atoms with E-state index >= 15 is 0 Å². The molecule has 2 aromatic carbocycles. The number of benzene rings is 2. The number of fused-ring (bicyclic) bond motifs is 1. The highest BCUT2D eigenvalue weighted by molar-refractivity contribution is 7.99. The lowest BCUT2D eigenvalue weighted by Crippen LogP contribution is -2.49. The number of carbonyl (C=O) groups excluding carboxylic acids is 1. The third-order valence-corrected chi connectivity index (χ3v) is 6.97. The Kier molecular flexibility index (Phi) is 7.59. The molecule has 4 rings (SSSR count). The first kappa shape index (κ1) is 25.3. The number of pyridine rings is 1. The van der Waals surface area contributed by atoms with Crippen LogP contribution >= 0.6 is 23.4 Å². The maximum absolute atomic E-state index is 13.0. The zero-order chi connectivity index (χ0) is 25.1. The van der Waals surface area contributed by atoms with Crippen LogP contribution in [0.3, 0.4) is 0 Å². The summed E-state index contributed by atoms with van der Waals surface area (Å²) in [5.74, 6) is -0.768. The molecule has 0 spiro atoms. The number of amides is 1. The third kappa shape index (κ3) is 6.28. The molecule has 0 fully saturated rings. The van der Waals surface area contributed by atoms with Crippen molar-refractivity contribution in [2.75, 3.05) is 24.2 Å². The van der Waals surface area contributed by atoms with Crippen LogP contribution in [-0.4, -0.2) is 51.6 Å². The summed E-state index contributed by atoms with van der Waals surface area (Å²) in [4.78, 5) is 19.1. The van der Waals surface area contributed by atoms with Gasteiger partial charge in [0.1, 0.15) is 0 Å². The summed E-state index contributed by atoms with van der Waals surface area (Å²) in [5.41, 5.74) is -0.687. The molecular formula is C25H23ClF3N3O2S. The van der Waals surface area contributed by atoms with Crippen molar-refractivity contribution in [3.63, 3.8) is 0 Å². The number of thioether (sulfide) groups is 1. The van der Waals surface area contributed by atoms with Gasteiger partial charge in [0.25, 0.3) is 5.91 Å². The Morgan fingerprint density at radius 3 is 2.66 bits per heavy atom. The lowest BCUT2D eigenvalue weighted by atomic mass is 10.1. The lowest BCUT2D eigenvalue weighted by Gasteiger charge is -2.33. The fourth-order valence-electron chi connectivity index (χ4n) is 3.97. The van der Waals surface area contributed by atoms with Crippen molar-refractivity contribution in [2.24, 2.45) is 0 Å². The number of aliphatic hydroxyl groups is 1. The van der Waals surface area contributed by atoms with Crippen LogP contribution in [0.25, 0.3) is 10.9 Å². The van der Waals surface area contributed by atoms with E-state index in [0.717, 1.165) is 32.5 Å². The summed E-state index contributed by atoms with van der Waals surface area (Å²) in [5, 5.41) is 16.0. The highest BCUT2D eigenvalue weighted by Gasteiger charge is 2.46. The zero-order valence-electron chi connectivity index (χ0n) is 18.6. The molecule has 1 unspecified atom stereocenters. The molecule has 184 valence electrons. The maximum Gasteiger partial charge on any atom is 0.393 e. The van der Waals surface area contributed by atoms with Crippen LogP contribution in [-0.2, 0) is 4.79 Å². The van der Waals surface area contributed by atoms with Gasteiger partial charge in [-0.3, -0.25) is 9.78 Å². The van der Waals surface area contributed by atoms with Gasteiger partial charge in [-0.1, -0.05) is 29.8 Å². The van der Waals surface area contributed by atoms with E-state index in [9.17, 15) is 23.1 Å². The van der Waals surface area contributed by atoms with Gasteiger partial charge in [-0.15, -0.1) is 11.8 Å². The van der Waals surface area contributed by atoms with Crippen molar-refractivity contribution in [2.45, 2.75) is 29.6 Å². The van der Waals surface area contributed by atoms with E-state index in [1.54, 1.807) is 18.3 Å². The smallest absolute Gasteiger partial charge is 0.384 e. The van der Waals surface area contributed by atoms with E-state index in [1.165, 1.54) is 11.8 Å². The molecular weight excluding hydrogens is 499 g/mol. The first-order valence-electron chi connectivity index (χ1n) is 10.9. The fraction of sp³-hybridized carbons (Fsp3) is 0.280. The highest BCUT2D eigenvalue weighted by atomic mass is 35.5. The average Bonchev–Trinajstić information content (AvgIpc) is 3.04. The Hall–Kier alpha value is -2.75. The highest BCUT2D eigenvalue weighted by Crippen LogP contribution is 2.37. The summed E-state index contributed by atoms with van der Waals surface area (Å²) in [6, 6.07) is 16.4. The molecule has 0 radical (unpaired) electrons. The van der Waals surface area contributed by atoms with Gasteiger partial charge in [0.05, 0.1) is 17.7 Å². The fourth-order valence-corrected chi connectivity index (χ4v) is 5.10. The van der Waals surface area contributed by atoms with Gasteiger partial charge in [-0.25, -0.2) is 0 Å². The predicted molar refractivity (Wildman–Crippen MR) is 132 cm³/mol. The van der Waals surface area contributed by atoms with Crippen molar-refractivity contribution in [1.29, 1.82) is 0 Å². The second-order valence-corrected chi connectivity index (χ2v) is 9.68. The van der Waals surface area contributed by atoms with Crippen LogP contribution in [0, 0.1) is 0 Å². The van der Waals surface area contributed by atoms with Crippen molar-refractivity contribution in [1.82, 2.24) is 9.88 Å². The third-order valence-electron chi connectivity index (χ3n) is 5.56. The molecule has 10 heteroatoms. The van der Waals surface area contributed by atoms with Crippen molar-refractivity contribution in [3.8, 4) is 0 Å². The summed E-state index contributed by atoms with van der Waals surface area (Å²) in [6.07, 6.45) is -2.79. The second-order valence-electron chi connectivity index (χ2n) is 8.20. The van der Waals surface area contributed by atoms with Crippen LogP contribution in [0.4, 0.5) is 18.9 Å². The monoisotopic (exact) mass is 521 g/mol. The molecule has 1 aliphatic rings. The average molecular weight is 522 g/mol. The minimum atomic E-state index is -4.54. The standard InChI is InChI=1S/C25H23ClF3N3O2S/c26-18-7-8-20-21(9-11-31-22(20)13-18)30-10-4-12-32-23(33)17(15-25(27,28)29)14-24(32,34)16-35-19-5-2-1-3-6-19/h1-3,5-9,11,13-14,34H,4,10,12,15-16H2,(H,30,31). The first-order chi connectivity index (χ1) is 16.6. The van der Waals surface area contributed by atoms with Crippen LogP contribution < -0.4 is 5.32 Å². The molecule has 0 aliphatic carbocycles. The number of hydrogen-bond donors (Lipinski definition) is 2. The van der Waals surface area contributed by atoms with Gasteiger partial charge < -0.3 is 15.3 Å². The van der Waals surface area contributed by atoms with Crippen LogP contribution in [0.2, 0.25) is 5.02 Å².